The normalized spacial score (nSPS) is 12.0. The number of halogens is 3. The lowest BCUT2D eigenvalue weighted by atomic mass is 10.1. The van der Waals surface area contributed by atoms with Gasteiger partial charge in [-0.25, -0.2) is 9.48 Å². The standard InChI is InChI=1S/C25H23F3N2O2S/c1-4-32-24(31)20-14-30(29-22(20)15(2)3)21-10-6-8-17-13-19(33-23(17)21)12-16-7-5-9-18(11-16)25(26,27)28/h5-11,13-15H,4,12H2,1-3H3. The molecule has 2 aromatic heterocycles. The highest BCUT2D eigenvalue weighted by molar-refractivity contribution is 7.19. The highest BCUT2D eigenvalue weighted by Crippen LogP contribution is 2.34. The number of thiophene rings is 1. The van der Waals surface area contributed by atoms with Gasteiger partial charge in [0, 0.05) is 17.5 Å². The molecule has 0 saturated heterocycles. The number of hydrogen-bond acceptors (Lipinski definition) is 4. The number of nitrogens with zero attached hydrogens (tertiary/aromatic N) is 2. The summed E-state index contributed by atoms with van der Waals surface area (Å²) in [6, 6.07) is 13.2. The van der Waals surface area contributed by atoms with Crippen LogP contribution in [0.4, 0.5) is 13.2 Å². The maximum atomic E-state index is 13.1. The summed E-state index contributed by atoms with van der Waals surface area (Å²) in [4.78, 5) is 13.4. The molecule has 4 rings (SSSR count). The number of benzene rings is 2. The van der Waals surface area contributed by atoms with E-state index < -0.39 is 17.7 Å². The van der Waals surface area contributed by atoms with Crippen LogP contribution in [0.15, 0.2) is 54.7 Å². The molecule has 0 bridgehead atoms. The van der Waals surface area contributed by atoms with E-state index in [4.69, 9.17) is 4.74 Å². The molecule has 0 unspecified atom stereocenters. The molecule has 0 aliphatic rings. The number of rotatable bonds is 6. The van der Waals surface area contributed by atoms with Gasteiger partial charge in [0.15, 0.2) is 0 Å². The lowest BCUT2D eigenvalue weighted by Crippen LogP contribution is -2.07. The summed E-state index contributed by atoms with van der Waals surface area (Å²) >= 11 is 1.51. The third-order valence-corrected chi connectivity index (χ3v) is 6.41. The predicted octanol–water partition coefficient (Wildman–Crippen LogP) is 7.00. The molecule has 2 heterocycles. The van der Waals surface area contributed by atoms with Crippen LogP contribution >= 0.6 is 11.3 Å². The van der Waals surface area contributed by atoms with E-state index in [9.17, 15) is 18.0 Å². The van der Waals surface area contributed by atoms with Gasteiger partial charge in [0.25, 0.3) is 0 Å². The molecule has 4 nitrogen and oxygen atoms in total. The number of hydrogen-bond donors (Lipinski definition) is 0. The van der Waals surface area contributed by atoms with Gasteiger partial charge < -0.3 is 4.74 Å². The highest BCUT2D eigenvalue weighted by atomic mass is 32.1. The molecule has 0 aliphatic heterocycles. The Labute approximate surface area is 193 Å². The highest BCUT2D eigenvalue weighted by Gasteiger charge is 2.30. The van der Waals surface area contributed by atoms with Crippen LogP contribution in [0.1, 0.15) is 58.7 Å². The quantitative estimate of drug-likeness (QED) is 0.284. The Morgan fingerprint density at radius 1 is 1.15 bits per heavy atom. The van der Waals surface area contributed by atoms with E-state index in [1.165, 1.54) is 23.5 Å². The summed E-state index contributed by atoms with van der Waals surface area (Å²) in [5.41, 5.74) is 1.86. The minimum absolute atomic E-state index is 0.0321. The van der Waals surface area contributed by atoms with Crippen molar-refractivity contribution >= 4 is 27.4 Å². The number of carbonyl (C=O) groups is 1. The van der Waals surface area contributed by atoms with E-state index in [1.807, 2.05) is 38.1 Å². The molecule has 0 fully saturated rings. The van der Waals surface area contributed by atoms with E-state index in [2.05, 4.69) is 5.10 Å². The van der Waals surface area contributed by atoms with Crippen molar-refractivity contribution in [3.63, 3.8) is 0 Å². The fraction of sp³-hybridized carbons (Fsp3) is 0.280. The Bertz CT molecular complexity index is 1300. The van der Waals surface area contributed by atoms with Crippen molar-refractivity contribution < 1.29 is 22.7 Å². The van der Waals surface area contributed by atoms with Crippen LogP contribution in [0.2, 0.25) is 0 Å². The van der Waals surface area contributed by atoms with E-state index in [0.29, 0.717) is 23.2 Å². The maximum Gasteiger partial charge on any atom is 0.416 e. The van der Waals surface area contributed by atoms with E-state index >= 15 is 0 Å². The first-order valence-corrected chi connectivity index (χ1v) is 11.4. The zero-order valence-corrected chi connectivity index (χ0v) is 19.3. The third kappa shape index (κ3) is 4.80. The van der Waals surface area contributed by atoms with Crippen LogP contribution in [0.3, 0.4) is 0 Å². The second-order valence-electron chi connectivity index (χ2n) is 8.03. The van der Waals surface area contributed by atoms with Crippen molar-refractivity contribution in [2.75, 3.05) is 6.61 Å². The van der Waals surface area contributed by atoms with Crippen molar-refractivity contribution in [2.24, 2.45) is 0 Å². The van der Waals surface area contributed by atoms with Crippen molar-refractivity contribution in [1.82, 2.24) is 9.78 Å². The number of ether oxygens (including phenoxy) is 1. The number of esters is 1. The zero-order chi connectivity index (χ0) is 23.8. The maximum absolute atomic E-state index is 13.1. The van der Waals surface area contributed by atoms with Gasteiger partial charge in [-0.1, -0.05) is 44.2 Å². The van der Waals surface area contributed by atoms with Crippen LogP contribution in [0, 0.1) is 0 Å². The lowest BCUT2D eigenvalue weighted by molar-refractivity contribution is -0.137. The van der Waals surface area contributed by atoms with Gasteiger partial charge in [0.05, 0.1) is 28.3 Å². The second kappa shape index (κ2) is 9.02. The SMILES string of the molecule is CCOC(=O)c1cn(-c2cccc3cc(Cc4cccc(C(F)(F)F)c4)sc23)nc1C(C)C. The first-order chi connectivity index (χ1) is 15.7. The molecular weight excluding hydrogens is 449 g/mol. The Morgan fingerprint density at radius 2 is 1.91 bits per heavy atom. The van der Waals surface area contributed by atoms with Gasteiger partial charge in [-0.15, -0.1) is 11.3 Å². The van der Waals surface area contributed by atoms with Crippen LogP contribution < -0.4 is 0 Å². The van der Waals surface area contributed by atoms with Crippen LogP contribution in [0.5, 0.6) is 0 Å². The summed E-state index contributed by atoms with van der Waals surface area (Å²) in [6.07, 6.45) is -2.28. The third-order valence-electron chi connectivity index (χ3n) is 5.24. The van der Waals surface area contributed by atoms with Crippen molar-refractivity contribution in [3.05, 3.63) is 82.0 Å². The van der Waals surface area contributed by atoms with Gasteiger partial charge in [-0.2, -0.15) is 18.3 Å². The van der Waals surface area contributed by atoms with Gasteiger partial charge >= 0.3 is 12.1 Å². The summed E-state index contributed by atoms with van der Waals surface area (Å²) in [7, 11) is 0. The molecule has 0 spiro atoms. The summed E-state index contributed by atoms with van der Waals surface area (Å²) in [5, 5.41) is 5.63. The molecule has 172 valence electrons. The second-order valence-corrected chi connectivity index (χ2v) is 9.17. The van der Waals surface area contributed by atoms with E-state index in [1.54, 1.807) is 23.9 Å². The van der Waals surface area contributed by atoms with Gasteiger partial charge in [0.2, 0.25) is 0 Å². The van der Waals surface area contributed by atoms with Crippen LogP contribution in [0.25, 0.3) is 15.8 Å². The van der Waals surface area contributed by atoms with Crippen LogP contribution in [-0.2, 0) is 17.3 Å². The van der Waals surface area contributed by atoms with Crippen molar-refractivity contribution in [3.8, 4) is 5.69 Å². The molecule has 0 saturated carbocycles. The first-order valence-electron chi connectivity index (χ1n) is 10.6. The number of fused-ring (bicyclic) bond motifs is 1. The summed E-state index contributed by atoms with van der Waals surface area (Å²) < 4.78 is 47.0. The molecule has 0 aliphatic carbocycles. The molecule has 0 amide bonds. The topological polar surface area (TPSA) is 44.1 Å². The largest absolute Gasteiger partial charge is 0.462 e. The average molecular weight is 473 g/mol. The summed E-state index contributed by atoms with van der Waals surface area (Å²) in [5.74, 6) is -0.374. The first kappa shape index (κ1) is 23.0. The van der Waals surface area contributed by atoms with Crippen LogP contribution in [-0.4, -0.2) is 22.4 Å². The van der Waals surface area contributed by atoms with Gasteiger partial charge in [0.1, 0.15) is 5.56 Å². The minimum Gasteiger partial charge on any atom is -0.462 e. The van der Waals surface area contributed by atoms with Gasteiger partial charge in [-0.05, 0) is 42.0 Å². The molecule has 8 heteroatoms. The molecule has 33 heavy (non-hydrogen) atoms. The monoisotopic (exact) mass is 472 g/mol. The minimum atomic E-state index is -4.37. The molecule has 2 aromatic carbocycles. The molecule has 4 aromatic rings. The van der Waals surface area contributed by atoms with Crippen molar-refractivity contribution in [1.29, 1.82) is 0 Å². The molecule has 0 radical (unpaired) electrons. The lowest BCUT2D eigenvalue weighted by Gasteiger charge is -2.08. The molecular formula is C25H23F3N2O2S. The molecule has 0 N–H and O–H groups in total. The average Bonchev–Trinajstić information content (AvgIpc) is 3.37. The Hall–Kier alpha value is -3.13. The van der Waals surface area contributed by atoms with E-state index in [0.717, 1.165) is 26.7 Å². The van der Waals surface area contributed by atoms with Crippen molar-refractivity contribution in [2.45, 2.75) is 39.3 Å². The zero-order valence-electron chi connectivity index (χ0n) is 18.4. The Kier molecular flexibility index (Phi) is 6.30. The Balaban J connectivity index is 1.72. The number of carbonyl (C=O) groups excluding carboxylic acids is 1. The van der Waals surface area contributed by atoms with E-state index in [-0.39, 0.29) is 12.5 Å². The fourth-order valence-electron chi connectivity index (χ4n) is 3.73. The fourth-order valence-corrected chi connectivity index (χ4v) is 4.93. The van der Waals surface area contributed by atoms with Gasteiger partial charge in [-0.3, -0.25) is 0 Å². The number of alkyl halides is 3. The predicted molar refractivity (Wildman–Crippen MR) is 123 cm³/mol. The molecule has 0 atom stereocenters. The smallest absolute Gasteiger partial charge is 0.416 e. The Morgan fingerprint density at radius 3 is 2.61 bits per heavy atom. The number of aromatic nitrogens is 2. The summed E-state index contributed by atoms with van der Waals surface area (Å²) in [6.45, 7) is 5.97.